The first-order valence-corrected chi connectivity index (χ1v) is 5.05. The van der Waals surface area contributed by atoms with E-state index in [0.717, 1.165) is 17.8 Å². The molecule has 0 saturated heterocycles. The van der Waals surface area contributed by atoms with Gasteiger partial charge < -0.3 is 4.90 Å². The zero-order valence-electron chi connectivity index (χ0n) is 8.96. The quantitative estimate of drug-likeness (QED) is 0.563. The van der Waals surface area contributed by atoms with Gasteiger partial charge in [-0.25, -0.2) is 0 Å². The molecule has 0 spiro atoms. The highest BCUT2D eigenvalue weighted by molar-refractivity contribution is 5.59. The fourth-order valence-electron chi connectivity index (χ4n) is 1.67. The van der Waals surface area contributed by atoms with Crippen LogP contribution in [0, 0.1) is 10.1 Å². The molecule has 1 aliphatic heterocycles. The van der Waals surface area contributed by atoms with Crippen LogP contribution in [-0.4, -0.2) is 4.92 Å². The molecule has 82 valence electrons. The molecule has 1 aliphatic rings. The molecule has 0 N–H and O–H groups in total. The van der Waals surface area contributed by atoms with Crippen LogP contribution in [0.4, 0.5) is 11.4 Å². The van der Waals surface area contributed by atoms with Crippen LogP contribution in [0.3, 0.4) is 0 Å². The maximum Gasteiger partial charge on any atom is 0.271 e. The van der Waals surface area contributed by atoms with Crippen molar-refractivity contribution in [1.82, 2.24) is 0 Å². The average Bonchev–Trinajstić information content (AvgIpc) is 2.30. The highest BCUT2D eigenvalue weighted by Gasteiger charge is 2.11. The van der Waals surface area contributed by atoms with Crippen LogP contribution in [0.2, 0.25) is 0 Å². The number of benzene rings is 1. The summed E-state index contributed by atoms with van der Waals surface area (Å²) in [6, 6.07) is 6.63. The van der Waals surface area contributed by atoms with Crippen molar-refractivity contribution in [3.63, 3.8) is 0 Å². The molecule has 0 bridgehead atoms. The molecule has 1 aromatic rings. The van der Waals surface area contributed by atoms with Crippen molar-refractivity contribution in [3.8, 4) is 0 Å². The zero-order chi connectivity index (χ0) is 11.5. The van der Waals surface area contributed by atoms with E-state index in [1.165, 1.54) is 6.07 Å². The molecule has 16 heavy (non-hydrogen) atoms. The van der Waals surface area contributed by atoms with Gasteiger partial charge in [-0.3, -0.25) is 10.1 Å². The Labute approximate surface area is 93.6 Å². The Hall–Kier alpha value is -2.10. The molecule has 4 heteroatoms. The summed E-state index contributed by atoms with van der Waals surface area (Å²) < 4.78 is 0. The summed E-state index contributed by atoms with van der Waals surface area (Å²) in [6.07, 6.45) is 6.95. The van der Waals surface area contributed by atoms with Gasteiger partial charge in [0.15, 0.2) is 0 Å². The van der Waals surface area contributed by atoms with E-state index in [4.69, 9.17) is 0 Å². The molecule has 0 atom stereocenters. The summed E-state index contributed by atoms with van der Waals surface area (Å²) in [4.78, 5) is 12.2. The Balaban J connectivity index is 2.36. The van der Waals surface area contributed by atoms with Crippen LogP contribution in [0.25, 0.3) is 0 Å². The second-order valence-electron chi connectivity index (χ2n) is 3.61. The van der Waals surface area contributed by atoms with Crippen LogP contribution >= 0.6 is 0 Å². The minimum absolute atomic E-state index is 0.115. The number of nitro benzene ring substituents is 1. The van der Waals surface area contributed by atoms with E-state index in [0.29, 0.717) is 0 Å². The number of nitro groups is 1. The van der Waals surface area contributed by atoms with Gasteiger partial charge in [0, 0.05) is 24.0 Å². The van der Waals surface area contributed by atoms with Gasteiger partial charge in [-0.1, -0.05) is 18.2 Å². The number of anilines is 1. The summed E-state index contributed by atoms with van der Waals surface area (Å²) in [7, 11) is 0. The number of hydrogen-bond donors (Lipinski definition) is 0. The highest BCUT2D eigenvalue weighted by Crippen LogP contribution is 2.26. The first-order chi connectivity index (χ1) is 7.68. The van der Waals surface area contributed by atoms with E-state index < -0.39 is 0 Å². The predicted molar refractivity (Wildman–Crippen MR) is 63.1 cm³/mol. The smallest absolute Gasteiger partial charge is 0.271 e. The van der Waals surface area contributed by atoms with Crippen molar-refractivity contribution in [2.75, 3.05) is 4.90 Å². The van der Waals surface area contributed by atoms with Gasteiger partial charge in [0.2, 0.25) is 0 Å². The fraction of sp³-hybridized carbons (Fsp3) is 0.167. The van der Waals surface area contributed by atoms with E-state index in [1.54, 1.807) is 12.1 Å². The van der Waals surface area contributed by atoms with Crippen molar-refractivity contribution < 1.29 is 4.92 Å². The van der Waals surface area contributed by atoms with E-state index in [9.17, 15) is 10.1 Å². The standard InChI is InChI=1S/C12H12N2O2/c1-10-5-2-3-8-13(10)11-6-4-7-12(9-11)14(15)16/h3-9H,2H2,1H3. The lowest BCUT2D eigenvalue weighted by Crippen LogP contribution is -2.15. The van der Waals surface area contributed by atoms with Gasteiger partial charge in [0.05, 0.1) is 10.6 Å². The van der Waals surface area contributed by atoms with E-state index in [2.05, 4.69) is 6.08 Å². The van der Waals surface area contributed by atoms with Gasteiger partial charge in [-0.2, -0.15) is 0 Å². The largest absolute Gasteiger partial charge is 0.322 e. The zero-order valence-corrected chi connectivity index (χ0v) is 8.96. The average molecular weight is 216 g/mol. The lowest BCUT2D eigenvalue weighted by Gasteiger charge is -2.23. The third-order valence-electron chi connectivity index (χ3n) is 2.50. The van der Waals surface area contributed by atoms with Crippen molar-refractivity contribution in [2.45, 2.75) is 13.3 Å². The van der Waals surface area contributed by atoms with Crippen LogP contribution in [0.5, 0.6) is 0 Å². The van der Waals surface area contributed by atoms with Crippen molar-refractivity contribution in [1.29, 1.82) is 0 Å². The fourth-order valence-corrected chi connectivity index (χ4v) is 1.67. The SMILES string of the molecule is CC1=CCC=CN1c1cccc([N+](=O)[O-])c1. The number of non-ortho nitro benzene ring substituents is 1. The van der Waals surface area contributed by atoms with Crippen LogP contribution in [-0.2, 0) is 0 Å². The normalized spacial score (nSPS) is 14.8. The molecule has 0 aromatic heterocycles. The molecule has 2 rings (SSSR count). The molecule has 4 nitrogen and oxygen atoms in total. The second-order valence-corrected chi connectivity index (χ2v) is 3.61. The minimum Gasteiger partial charge on any atom is -0.322 e. The summed E-state index contributed by atoms with van der Waals surface area (Å²) in [5, 5.41) is 10.7. The Morgan fingerprint density at radius 2 is 2.25 bits per heavy atom. The third kappa shape index (κ3) is 1.95. The monoisotopic (exact) mass is 216 g/mol. The molecule has 1 heterocycles. The van der Waals surface area contributed by atoms with Crippen LogP contribution < -0.4 is 4.90 Å². The van der Waals surface area contributed by atoms with E-state index in [-0.39, 0.29) is 10.6 Å². The van der Waals surface area contributed by atoms with Gasteiger partial charge in [-0.05, 0) is 19.4 Å². The molecular formula is C12H12N2O2. The second kappa shape index (κ2) is 4.18. The number of allylic oxidation sites excluding steroid dienone is 3. The molecule has 0 radical (unpaired) electrons. The number of nitrogens with zero attached hydrogens (tertiary/aromatic N) is 2. The molecule has 0 saturated carbocycles. The summed E-state index contributed by atoms with van der Waals surface area (Å²) in [5.41, 5.74) is 2.02. The highest BCUT2D eigenvalue weighted by atomic mass is 16.6. The maximum absolute atomic E-state index is 10.7. The molecule has 0 fully saturated rings. The molecule has 0 aliphatic carbocycles. The maximum atomic E-state index is 10.7. The first-order valence-electron chi connectivity index (χ1n) is 5.05. The Morgan fingerprint density at radius 1 is 1.44 bits per heavy atom. The summed E-state index contributed by atoms with van der Waals surface area (Å²) >= 11 is 0. The van der Waals surface area contributed by atoms with Gasteiger partial charge in [-0.15, -0.1) is 0 Å². The number of rotatable bonds is 2. The molecule has 1 aromatic carbocycles. The van der Waals surface area contributed by atoms with Gasteiger partial charge in [0.1, 0.15) is 0 Å². The number of hydrogen-bond acceptors (Lipinski definition) is 3. The molecule has 0 unspecified atom stereocenters. The third-order valence-corrected chi connectivity index (χ3v) is 2.50. The summed E-state index contributed by atoms with van der Waals surface area (Å²) in [6.45, 7) is 1.99. The molecular weight excluding hydrogens is 204 g/mol. The topological polar surface area (TPSA) is 46.4 Å². The Kier molecular flexibility index (Phi) is 2.72. The Bertz CT molecular complexity index is 478. The first kappa shape index (κ1) is 10.4. The van der Waals surface area contributed by atoms with Crippen molar-refractivity contribution in [2.24, 2.45) is 0 Å². The summed E-state index contributed by atoms with van der Waals surface area (Å²) in [5.74, 6) is 0. The predicted octanol–water partition coefficient (Wildman–Crippen LogP) is 3.22. The Morgan fingerprint density at radius 3 is 2.94 bits per heavy atom. The van der Waals surface area contributed by atoms with Crippen LogP contribution in [0.1, 0.15) is 13.3 Å². The van der Waals surface area contributed by atoms with Crippen molar-refractivity contribution >= 4 is 11.4 Å². The molecule has 0 amide bonds. The van der Waals surface area contributed by atoms with Crippen molar-refractivity contribution in [3.05, 3.63) is 58.4 Å². The van der Waals surface area contributed by atoms with Gasteiger partial charge >= 0.3 is 0 Å². The minimum atomic E-state index is -0.379. The lowest BCUT2D eigenvalue weighted by atomic mass is 10.2. The van der Waals surface area contributed by atoms with E-state index in [1.807, 2.05) is 30.2 Å². The van der Waals surface area contributed by atoms with Gasteiger partial charge in [0.25, 0.3) is 5.69 Å². The lowest BCUT2D eigenvalue weighted by molar-refractivity contribution is -0.384. The van der Waals surface area contributed by atoms with Crippen LogP contribution in [0.15, 0.2) is 48.3 Å². The van der Waals surface area contributed by atoms with E-state index >= 15 is 0 Å².